The summed E-state index contributed by atoms with van der Waals surface area (Å²) in [6.07, 6.45) is 25.3. The van der Waals surface area contributed by atoms with E-state index in [4.69, 9.17) is 4.74 Å². The monoisotopic (exact) mass is 526 g/mol. The summed E-state index contributed by atoms with van der Waals surface area (Å²) in [5.41, 5.74) is 2.54. The molecule has 0 unspecified atom stereocenters. The Kier molecular flexibility index (Phi) is 10.5. The maximum atomic E-state index is 12.6. The number of esters is 1. The fourth-order valence-electron chi connectivity index (χ4n) is 10.0. The van der Waals surface area contributed by atoms with Crippen LogP contribution in [0.2, 0.25) is 0 Å². The van der Waals surface area contributed by atoms with Gasteiger partial charge in [0.2, 0.25) is 0 Å². The maximum absolute atomic E-state index is 12.6. The van der Waals surface area contributed by atoms with Crippen molar-refractivity contribution in [3.05, 3.63) is 11.6 Å². The van der Waals surface area contributed by atoms with Crippen LogP contribution >= 0.6 is 0 Å². The Morgan fingerprint density at radius 1 is 0.921 bits per heavy atom. The van der Waals surface area contributed by atoms with Gasteiger partial charge in [-0.25, -0.2) is 0 Å². The number of unbranched alkanes of at least 4 members (excludes halogenated alkanes) is 5. The number of rotatable bonds is 13. The molecule has 8 atom stereocenters. The molecule has 0 saturated heterocycles. The molecule has 218 valence electrons. The minimum absolute atomic E-state index is 0.0522. The van der Waals surface area contributed by atoms with Crippen LogP contribution in [0, 0.1) is 46.3 Å². The molecule has 4 aliphatic rings. The van der Waals surface area contributed by atoms with E-state index in [2.05, 4.69) is 47.6 Å². The Bertz CT molecular complexity index is 797. The lowest BCUT2D eigenvalue weighted by Gasteiger charge is -2.58. The topological polar surface area (TPSA) is 26.3 Å². The average Bonchev–Trinajstić information content (AvgIpc) is 3.23. The molecule has 2 nitrogen and oxygen atoms in total. The van der Waals surface area contributed by atoms with Crippen molar-refractivity contribution in [2.75, 3.05) is 0 Å². The van der Waals surface area contributed by atoms with Crippen LogP contribution < -0.4 is 0 Å². The second-order valence-corrected chi connectivity index (χ2v) is 15.2. The van der Waals surface area contributed by atoms with Gasteiger partial charge in [0.25, 0.3) is 0 Å². The number of allylic oxidation sites excluding steroid dienone is 1. The Labute approximate surface area is 236 Å². The van der Waals surface area contributed by atoms with E-state index in [1.807, 2.05) is 0 Å². The Hall–Kier alpha value is -0.790. The highest BCUT2D eigenvalue weighted by Gasteiger charge is 2.59. The van der Waals surface area contributed by atoms with Crippen LogP contribution in [0.1, 0.15) is 157 Å². The molecule has 0 aliphatic heterocycles. The number of ether oxygens (including phenoxy) is 1. The van der Waals surface area contributed by atoms with Crippen molar-refractivity contribution in [1.29, 1.82) is 0 Å². The molecule has 0 radical (unpaired) electrons. The van der Waals surface area contributed by atoms with Gasteiger partial charge in [0, 0.05) is 12.8 Å². The van der Waals surface area contributed by atoms with E-state index in [0.717, 1.165) is 54.8 Å². The summed E-state index contributed by atoms with van der Waals surface area (Å²) >= 11 is 0. The van der Waals surface area contributed by atoms with Crippen molar-refractivity contribution in [3.63, 3.8) is 0 Å². The van der Waals surface area contributed by atoms with Gasteiger partial charge in [-0.2, -0.15) is 0 Å². The van der Waals surface area contributed by atoms with E-state index in [-0.39, 0.29) is 12.1 Å². The van der Waals surface area contributed by atoms with Crippen LogP contribution in [0.5, 0.6) is 0 Å². The molecule has 3 fully saturated rings. The third kappa shape index (κ3) is 6.57. The van der Waals surface area contributed by atoms with Gasteiger partial charge < -0.3 is 4.74 Å². The minimum Gasteiger partial charge on any atom is -0.462 e. The molecule has 0 heterocycles. The van der Waals surface area contributed by atoms with Crippen molar-refractivity contribution >= 4 is 5.97 Å². The second kappa shape index (κ2) is 13.2. The molecule has 4 rings (SSSR count). The summed E-state index contributed by atoms with van der Waals surface area (Å²) in [7, 11) is 0. The lowest BCUT2D eigenvalue weighted by Crippen LogP contribution is -2.51. The van der Waals surface area contributed by atoms with Gasteiger partial charge >= 0.3 is 5.97 Å². The number of hydrogen-bond acceptors (Lipinski definition) is 2. The minimum atomic E-state index is 0.0522. The standard InChI is InChI=1S/C36H62O2/c1-7-8-9-10-11-12-16-34(37)38-29-21-23-35(5)28(25-29)17-18-30-32-20-19-31(27(4)15-13-14-26(2)3)36(32,6)24-22-33(30)35/h17,26-27,29-33H,7-16,18-25H2,1-6H3/t27-,29-,30-,31-,32+,33-,35-,36+/m0/s1. The zero-order valence-electron chi connectivity index (χ0n) is 26.2. The number of hydrogen-bond donors (Lipinski definition) is 0. The molecule has 2 heteroatoms. The molecule has 0 amide bonds. The fraction of sp³-hybridized carbons (Fsp3) is 0.917. The zero-order valence-corrected chi connectivity index (χ0v) is 26.2. The molecular formula is C36H62O2. The van der Waals surface area contributed by atoms with E-state index in [0.29, 0.717) is 17.3 Å². The van der Waals surface area contributed by atoms with E-state index < -0.39 is 0 Å². The van der Waals surface area contributed by atoms with Gasteiger partial charge in [-0.15, -0.1) is 0 Å². The highest BCUT2D eigenvalue weighted by atomic mass is 16.5. The van der Waals surface area contributed by atoms with Crippen LogP contribution in [0.25, 0.3) is 0 Å². The highest BCUT2D eigenvalue weighted by Crippen LogP contribution is 2.67. The molecule has 4 aliphatic carbocycles. The Morgan fingerprint density at radius 3 is 2.45 bits per heavy atom. The summed E-state index contributed by atoms with van der Waals surface area (Å²) in [6.45, 7) is 14.9. The molecule has 38 heavy (non-hydrogen) atoms. The zero-order chi connectivity index (χ0) is 27.3. The van der Waals surface area contributed by atoms with Crippen LogP contribution in [-0.2, 0) is 9.53 Å². The van der Waals surface area contributed by atoms with Crippen LogP contribution in [0.15, 0.2) is 11.6 Å². The molecule has 3 saturated carbocycles. The van der Waals surface area contributed by atoms with Gasteiger partial charge in [-0.1, -0.05) is 105 Å². The lowest BCUT2D eigenvalue weighted by atomic mass is 9.47. The molecule has 0 aromatic heterocycles. The van der Waals surface area contributed by atoms with Gasteiger partial charge in [0.05, 0.1) is 0 Å². The predicted molar refractivity (Wildman–Crippen MR) is 161 cm³/mol. The van der Waals surface area contributed by atoms with Gasteiger partial charge in [-0.3, -0.25) is 4.79 Å². The SMILES string of the molecule is CCCCCCCCC(=O)O[C@H]1CC[C@@]2(C)C(=CC[C@H]3[C@H]4CC[C@@H]([C@@H](C)CCCC(C)C)[C@@]4(C)CC[C@@H]32)C1. The molecule has 0 spiro atoms. The predicted octanol–water partition coefficient (Wildman–Crippen LogP) is 10.7. The smallest absolute Gasteiger partial charge is 0.306 e. The Balaban J connectivity index is 1.31. The first-order valence-electron chi connectivity index (χ1n) is 17.1. The highest BCUT2D eigenvalue weighted by molar-refractivity contribution is 5.69. The van der Waals surface area contributed by atoms with Crippen LogP contribution in [0.3, 0.4) is 0 Å². The van der Waals surface area contributed by atoms with Crippen LogP contribution in [-0.4, -0.2) is 12.1 Å². The third-order valence-corrected chi connectivity index (χ3v) is 12.3. The molecule has 0 N–H and O–H groups in total. The first kappa shape index (κ1) is 30.2. The molecular weight excluding hydrogens is 464 g/mol. The third-order valence-electron chi connectivity index (χ3n) is 12.3. The van der Waals surface area contributed by atoms with Gasteiger partial charge in [0.1, 0.15) is 6.10 Å². The van der Waals surface area contributed by atoms with Crippen molar-refractivity contribution in [3.8, 4) is 0 Å². The van der Waals surface area contributed by atoms with E-state index in [1.165, 1.54) is 89.9 Å². The maximum Gasteiger partial charge on any atom is 0.306 e. The average molecular weight is 527 g/mol. The first-order chi connectivity index (χ1) is 18.2. The molecule has 0 aromatic carbocycles. The summed E-state index contributed by atoms with van der Waals surface area (Å²) < 4.78 is 6.04. The van der Waals surface area contributed by atoms with Crippen LogP contribution in [0.4, 0.5) is 0 Å². The van der Waals surface area contributed by atoms with Gasteiger partial charge in [-0.05, 0) is 97.7 Å². The summed E-state index contributed by atoms with van der Waals surface area (Å²) in [5.74, 6) is 5.34. The van der Waals surface area contributed by atoms with Crippen molar-refractivity contribution < 1.29 is 9.53 Å². The van der Waals surface area contributed by atoms with E-state index >= 15 is 0 Å². The summed E-state index contributed by atoms with van der Waals surface area (Å²) in [4.78, 5) is 12.6. The van der Waals surface area contributed by atoms with E-state index in [1.54, 1.807) is 5.57 Å². The fourth-order valence-corrected chi connectivity index (χ4v) is 10.0. The quantitative estimate of drug-likeness (QED) is 0.135. The van der Waals surface area contributed by atoms with Crippen molar-refractivity contribution in [2.45, 2.75) is 163 Å². The summed E-state index contributed by atoms with van der Waals surface area (Å²) in [5, 5.41) is 0. The number of fused-ring (bicyclic) bond motifs is 5. The molecule has 0 bridgehead atoms. The summed E-state index contributed by atoms with van der Waals surface area (Å²) in [6, 6.07) is 0. The number of carbonyl (C=O) groups is 1. The van der Waals surface area contributed by atoms with Crippen molar-refractivity contribution in [1.82, 2.24) is 0 Å². The lowest BCUT2D eigenvalue weighted by molar-refractivity contribution is -0.151. The first-order valence-corrected chi connectivity index (χ1v) is 17.1. The van der Waals surface area contributed by atoms with Gasteiger partial charge in [0.15, 0.2) is 0 Å². The largest absolute Gasteiger partial charge is 0.462 e. The second-order valence-electron chi connectivity index (χ2n) is 15.2. The molecule has 0 aromatic rings. The Morgan fingerprint density at radius 2 is 1.68 bits per heavy atom. The normalized spacial score (nSPS) is 37.2. The van der Waals surface area contributed by atoms with Crippen molar-refractivity contribution in [2.24, 2.45) is 46.3 Å². The number of carbonyl (C=O) groups excluding carboxylic acids is 1. The van der Waals surface area contributed by atoms with E-state index in [9.17, 15) is 4.79 Å².